The number of nitrogens with zero attached hydrogens (tertiary/aromatic N) is 1. The van der Waals surface area contributed by atoms with Gasteiger partial charge in [0.05, 0.1) is 12.4 Å². The quantitative estimate of drug-likeness (QED) is 0.507. The third-order valence-corrected chi connectivity index (χ3v) is 3.79. The topological polar surface area (TPSA) is 101 Å². The third kappa shape index (κ3) is 6.52. The van der Waals surface area contributed by atoms with Crippen molar-refractivity contribution in [3.05, 3.63) is 23.8 Å². The van der Waals surface area contributed by atoms with E-state index in [2.05, 4.69) is 23.5 Å². The molecule has 122 valence electrons. The fraction of sp³-hybridized carbons (Fsp3) is 0.538. The minimum Gasteiger partial charge on any atom is -0.399 e. The molecule has 0 bridgehead atoms. The van der Waals surface area contributed by atoms with Gasteiger partial charge in [-0.05, 0) is 37.6 Å². The molecule has 0 saturated heterocycles. The van der Waals surface area contributed by atoms with E-state index < -0.39 is 16.2 Å². The van der Waals surface area contributed by atoms with Crippen molar-refractivity contribution in [3.63, 3.8) is 0 Å². The number of nitrogens with two attached hydrogens (primary N) is 2. The number of halogens is 1. The van der Waals surface area contributed by atoms with Crippen molar-refractivity contribution >= 4 is 33.8 Å². The van der Waals surface area contributed by atoms with Crippen LogP contribution >= 0.6 is 12.4 Å². The average Bonchev–Trinajstić information content (AvgIpc) is 2.32. The maximum atomic E-state index is 11.2. The molecular weight excluding hydrogens is 312 g/mol. The number of benzene rings is 1. The largest absolute Gasteiger partial charge is 0.399 e. The lowest BCUT2D eigenvalue weighted by Gasteiger charge is -2.23. The summed E-state index contributed by atoms with van der Waals surface area (Å²) in [5, 5.41) is 0. The van der Waals surface area contributed by atoms with Gasteiger partial charge in [0.2, 0.25) is 10.0 Å². The van der Waals surface area contributed by atoms with E-state index in [1.807, 2.05) is 18.2 Å². The Hall–Kier alpha value is -1.02. The predicted molar refractivity (Wildman–Crippen MR) is 91.3 cm³/mol. The standard InChI is InChI=1S/C13H24N4O2S.ClH/c1-4-17(5-2)11-6-7-12(14)10(8-11)9-13(15)16-20(3,18)19;/h6-8,13,16H,4-5,9,14-15H2,1-3H3;1H. The molecule has 1 aromatic carbocycles. The molecule has 21 heavy (non-hydrogen) atoms. The van der Waals surface area contributed by atoms with Crippen molar-refractivity contribution in [1.29, 1.82) is 0 Å². The Morgan fingerprint density at radius 2 is 1.86 bits per heavy atom. The second kappa shape index (κ2) is 8.43. The van der Waals surface area contributed by atoms with Gasteiger partial charge in [-0.15, -0.1) is 12.4 Å². The van der Waals surface area contributed by atoms with Gasteiger partial charge >= 0.3 is 0 Å². The lowest BCUT2D eigenvalue weighted by atomic mass is 10.1. The fourth-order valence-corrected chi connectivity index (χ4v) is 2.74. The SMILES string of the molecule is CCN(CC)c1ccc(N)c(CC(N)NS(C)(=O)=O)c1.Cl. The van der Waals surface area contributed by atoms with Gasteiger partial charge in [-0.1, -0.05) is 0 Å². The van der Waals surface area contributed by atoms with Crippen molar-refractivity contribution < 1.29 is 8.42 Å². The van der Waals surface area contributed by atoms with Crippen molar-refractivity contribution in [2.75, 3.05) is 30.0 Å². The second-order valence-electron chi connectivity index (χ2n) is 4.76. The number of anilines is 2. The van der Waals surface area contributed by atoms with Gasteiger partial charge in [0.25, 0.3) is 0 Å². The van der Waals surface area contributed by atoms with Gasteiger partial charge in [0.1, 0.15) is 0 Å². The summed E-state index contributed by atoms with van der Waals surface area (Å²) in [5.41, 5.74) is 14.2. The Labute approximate surface area is 133 Å². The maximum absolute atomic E-state index is 11.2. The van der Waals surface area contributed by atoms with E-state index in [1.54, 1.807) is 0 Å². The van der Waals surface area contributed by atoms with Crippen molar-refractivity contribution in [1.82, 2.24) is 4.72 Å². The smallest absolute Gasteiger partial charge is 0.210 e. The molecule has 1 atom stereocenters. The van der Waals surface area contributed by atoms with Crippen LogP contribution in [-0.4, -0.2) is 33.9 Å². The molecule has 0 heterocycles. The molecule has 1 unspecified atom stereocenters. The highest BCUT2D eigenvalue weighted by molar-refractivity contribution is 7.88. The molecule has 1 rings (SSSR count). The molecule has 0 aliphatic carbocycles. The van der Waals surface area contributed by atoms with E-state index in [1.165, 1.54) is 0 Å². The Morgan fingerprint density at radius 1 is 1.29 bits per heavy atom. The number of hydrogen-bond donors (Lipinski definition) is 3. The molecule has 0 saturated carbocycles. The van der Waals surface area contributed by atoms with E-state index in [-0.39, 0.29) is 12.4 Å². The van der Waals surface area contributed by atoms with Gasteiger partial charge in [-0.3, -0.25) is 0 Å². The Bertz CT molecular complexity index is 547. The maximum Gasteiger partial charge on any atom is 0.210 e. The van der Waals surface area contributed by atoms with Gasteiger partial charge in [-0.2, -0.15) is 4.72 Å². The highest BCUT2D eigenvalue weighted by atomic mass is 35.5. The summed E-state index contributed by atoms with van der Waals surface area (Å²) in [4.78, 5) is 2.19. The van der Waals surface area contributed by atoms with Crippen LogP contribution in [0.2, 0.25) is 0 Å². The molecule has 0 aliphatic heterocycles. The van der Waals surface area contributed by atoms with Crippen LogP contribution in [0.4, 0.5) is 11.4 Å². The van der Waals surface area contributed by atoms with Crippen LogP contribution in [0.15, 0.2) is 18.2 Å². The fourth-order valence-electron chi connectivity index (χ4n) is 2.11. The second-order valence-corrected chi connectivity index (χ2v) is 6.54. The van der Waals surface area contributed by atoms with Crippen LogP contribution < -0.4 is 21.1 Å². The summed E-state index contributed by atoms with van der Waals surface area (Å²) in [6.07, 6.45) is 0.760. The minimum atomic E-state index is -3.32. The first kappa shape index (κ1) is 20.0. The molecule has 0 amide bonds. The number of nitrogens with one attached hydrogen (secondary N) is 1. The molecule has 0 fully saturated rings. The highest BCUT2D eigenvalue weighted by Gasteiger charge is 2.13. The molecule has 0 aliphatic rings. The zero-order chi connectivity index (χ0) is 15.3. The number of hydrogen-bond acceptors (Lipinski definition) is 5. The monoisotopic (exact) mass is 336 g/mol. The molecule has 0 radical (unpaired) electrons. The van der Waals surface area contributed by atoms with E-state index >= 15 is 0 Å². The van der Waals surface area contributed by atoms with Crippen LogP contribution in [0.3, 0.4) is 0 Å². The van der Waals surface area contributed by atoms with Crippen molar-refractivity contribution in [3.8, 4) is 0 Å². The van der Waals surface area contributed by atoms with E-state index in [0.717, 1.165) is 30.6 Å². The summed E-state index contributed by atoms with van der Waals surface area (Å²) in [5.74, 6) is 0. The normalized spacial score (nSPS) is 12.6. The number of sulfonamides is 1. The van der Waals surface area contributed by atoms with Crippen molar-refractivity contribution in [2.45, 2.75) is 26.4 Å². The zero-order valence-corrected chi connectivity index (χ0v) is 14.3. The number of rotatable bonds is 7. The number of nitrogen functional groups attached to an aromatic ring is 1. The summed E-state index contributed by atoms with van der Waals surface area (Å²) in [6, 6.07) is 5.75. The molecular formula is C13H25ClN4O2S. The highest BCUT2D eigenvalue weighted by Crippen LogP contribution is 2.22. The summed E-state index contributed by atoms with van der Waals surface area (Å²) in [6.45, 7) is 5.95. The van der Waals surface area contributed by atoms with Crippen molar-refractivity contribution in [2.24, 2.45) is 5.73 Å². The molecule has 6 nitrogen and oxygen atoms in total. The van der Waals surface area contributed by atoms with E-state index in [9.17, 15) is 8.42 Å². The first-order valence-electron chi connectivity index (χ1n) is 6.63. The predicted octanol–water partition coefficient (Wildman–Crippen LogP) is 0.913. The van der Waals surface area contributed by atoms with Gasteiger partial charge < -0.3 is 16.4 Å². The average molecular weight is 337 g/mol. The molecule has 0 aromatic heterocycles. The first-order valence-corrected chi connectivity index (χ1v) is 8.52. The van der Waals surface area contributed by atoms with Gasteiger partial charge in [-0.25, -0.2) is 8.42 Å². The van der Waals surface area contributed by atoms with Crippen LogP contribution in [-0.2, 0) is 16.4 Å². The van der Waals surface area contributed by atoms with Crippen LogP contribution in [0, 0.1) is 0 Å². The van der Waals surface area contributed by atoms with Gasteiger partial charge in [0, 0.05) is 30.9 Å². The van der Waals surface area contributed by atoms with E-state index in [4.69, 9.17) is 11.5 Å². The summed E-state index contributed by atoms with van der Waals surface area (Å²) >= 11 is 0. The molecule has 0 spiro atoms. The lowest BCUT2D eigenvalue weighted by Crippen LogP contribution is -2.42. The van der Waals surface area contributed by atoms with E-state index in [0.29, 0.717) is 12.1 Å². The Kier molecular flexibility index (Phi) is 8.02. The molecule has 5 N–H and O–H groups in total. The Balaban J connectivity index is 0.00000400. The lowest BCUT2D eigenvalue weighted by molar-refractivity contribution is 0.558. The zero-order valence-electron chi connectivity index (χ0n) is 12.7. The summed E-state index contributed by atoms with van der Waals surface area (Å²) in [7, 11) is -3.32. The van der Waals surface area contributed by atoms with Crippen LogP contribution in [0.25, 0.3) is 0 Å². The summed E-state index contributed by atoms with van der Waals surface area (Å²) < 4.78 is 24.7. The molecule has 1 aromatic rings. The molecule has 8 heteroatoms. The van der Waals surface area contributed by atoms with Gasteiger partial charge in [0.15, 0.2) is 0 Å². The minimum absolute atomic E-state index is 0. The first-order chi connectivity index (χ1) is 9.26. The Morgan fingerprint density at radius 3 is 2.33 bits per heavy atom. The van der Waals surface area contributed by atoms with Crippen LogP contribution in [0.5, 0.6) is 0 Å². The van der Waals surface area contributed by atoms with Crippen LogP contribution in [0.1, 0.15) is 19.4 Å². The third-order valence-electron chi connectivity index (χ3n) is 3.06.